The monoisotopic (exact) mass is 556 g/mol. The molecule has 4 aromatic carbocycles. The molecule has 2 atom stereocenters. The predicted octanol–water partition coefficient (Wildman–Crippen LogP) is 4.46. The maximum absolute atomic E-state index is 12.7. The van der Waals surface area contributed by atoms with Gasteiger partial charge < -0.3 is 44.5 Å². The zero-order valence-corrected chi connectivity index (χ0v) is 20.8. The number of aliphatic hydroxyl groups excluding tert-OH is 1. The van der Waals surface area contributed by atoms with E-state index in [9.17, 15) is 40.2 Å². The van der Waals surface area contributed by atoms with Crippen LogP contribution in [0.25, 0.3) is 22.3 Å². The summed E-state index contributed by atoms with van der Waals surface area (Å²) in [6.45, 7) is 0. The number of fused-ring (bicyclic) bond motifs is 2. The van der Waals surface area contributed by atoms with E-state index in [2.05, 4.69) is 0 Å². The van der Waals surface area contributed by atoms with E-state index in [0.29, 0.717) is 5.56 Å². The average molecular weight is 556 g/mol. The molecular formula is C30H20O11. The molecule has 2 heterocycles. The highest BCUT2D eigenvalue weighted by Gasteiger charge is 2.39. The Morgan fingerprint density at radius 2 is 1.44 bits per heavy atom. The van der Waals surface area contributed by atoms with Crippen molar-refractivity contribution in [1.29, 1.82) is 0 Å². The summed E-state index contributed by atoms with van der Waals surface area (Å²) in [7, 11) is 0. The molecule has 1 aliphatic heterocycles. The first-order valence-corrected chi connectivity index (χ1v) is 12.1. The molecule has 0 amide bonds. The third kappa shape index (κ3) is 4.49. The Hall–Kier alpha value is -5.68. The molecule has 0 saturated heterocycles. The van der Waals surface area contributed by atoms with Gasteiger partial charge in [0.2, 0.25) is 5.78 Å². The fourth-order valence-electron chi connectivity index (χ4n) is 4.66. The van der Waals surface area contributed by atoms with Crippen molar-refractivity contribution in [2.75, 3.05) is 0 Å². The minimum atomic E-state index is -1.69. The molecular weight excluding hydrogens is 536 g/mol. The Balaban J connectivity index is 1.28. The van der Waals surface area contributed by atoms with Crippen molar-refractivity contribution in [3.05, 3.63) is 94.1 Å². The van der Waals surface area contributed by atoms with Crippen molar-refractivity contribution in [3.8, 4) is 57.3 Å². The van der Waals surface area contributed by atoms with E-state index in [1.807, 2.05) is 0 Å². The number of benzene rings is 4. The first-order chi connectivity index (χ1) is 19.6. The van der Waals surface area contributed by atoms with Crippen molar-refractivity contribution < 1.29 is 49.3 Å². The van der Waals surface area contributed by atoms with E-state index < -0.39 is 34.9 Å². The van der Waals surface area contributed by atoms with Crippen molar-refractivity contribution in [3.63, 3.8) is 0 Å². The number of ketones is 1. The Kier molecular flexibility index (Phi) is 5.93. The number of carbonyl (C=O) groups excluding carboxylic acids is 1. The summed E-state index contributed by atoms with van der Waals surface area (Å²) in [6, 6.07) is 15.9. The van der Waals surface area contributed by atoms with Crippen LogP contribution < -0.4 is 14.9 Å². The Bertz CT molecular complexity index is 1910. The Labute approximate surface area is 229 Å². The van der Waals surface area contributed by atoms with Crippen molar-refractivity contribution in [2.45, 2.75) is 12.2 Å². The zero-order chi connectivity index (χ0) is 29.0. The summed E-state index contributed by atoms with van der Waals surface area (Å²) in [5, 5.41) is 60.5. The largest absolute Gasteiger partial charge is 0.508 e. The summed E-state index contributed by atoms with van der Waals surface area (Å²) < 4.78 is 17.3. The van der Waals surface area contributed by atoms with E-state index in [0.717, 1.165) is 18.2 Å². The summed E-state index contributed by atoms with van der Waals surface area (Å²) in [6.07, 6.45) is -2.91. The number of phenols is 5. The lowest BCUT2D eigenvalue weighted by Crippen LogP contribution is -2.36. The van der Waals surface area contributed by atoms with E-state index in [1.54, 1.807) is 24.3 Å². The fourth-order valence-corrected chi connectivity index (χ4v) is 4.66. The fraction of sp³-hybridized carbons (Fsp3) is 0.0667. The molecule has 6 rings (SSSR count). The lowest BCUT2D eigenvalue weighted by atomic mass is 9.92. The van der Waals surface area contributed by atoms with Crippen LogP contribution in [0.5, 0.6) is 46.0 Å². The molecule has 0 aliphatic carbocycles. The molecule has 6 N–H and O–H groups in total. The van der Waals surface area contributed by atoms with Gasteiger partial charge in [-0.05, 0) is 42.0 Å². The zero-order valence-electron chi connectivity index (χ0n) is 20.8. The number of ether oxygens (including phenoxy) is 2. The number of hydrogen-bond acceptors (Lipinski definition) is 11. The number of Topliss-reactive ketones (excluding diaryl/α,β-unsaturated/α-hetero) is 1. The van der Waals surface area contributed by atoms with Crippen LogP contribution in [-0.4, -0.2) is 42.5 Å². The molecule has 1 aliphatic rings. The summed E-state index contributed by atoms with van der Waals surface area (Å²) in [5.41, 5.74) is 0.00989. The van der Waals surface area contributed by atoms with Gasteiger partial charge >= 0.3 is 0 Å². The number of aromatic hydroxyl groups is 5. The van der Waals surface area contributed by atoms with Crippen LogP contribution in [0.15, 0.2) is 82.0 Å². The van der Waals surface area contributed by atoms with Crippen LogP contribution >= 0.6 is 0 Å². The summed E-state index contributed by atoms with van der Waals surface area (Å²) in [5.74, 6) is -2.25. The topological polar surface area (TPSA) is 187 Å². The van der Waals surface area contributed by atoms with Crippen LogP contribution in [0.2, 0.25) is 0 Å². The van der Waals surface area contributed by atoms with E-state index >= 15 is 0 Å². The third-order valence-electron chi connectivity index (χ3n) is 6.60. The van der Waals surface area contributed by atoms with Gasteiger partial charge in [-0.25, -0.2) is 0 Å². The normalized spacial score (nSPS) is 16.3. The second-order valence-electron chi connectivity index (χ2n) is 9.35. The minimum absolute atomic E-state index is 0.00529. The molecule has 0 saturated carbocycles. The molecule has 0 radical (unpaired) electrons. The van der Waals surface area contributed by atoms with Crippen molar-refractivity contribution in [1.82, 2.24) is 0 Å². The number of rotatable bonds is 4. The van der Waals surface area contributed by atoms with Gasteiger partial charge in [0.25, 0.3) is 0 Å². The smallest absolute Gasteiger partial charge is 0.202 e. The predicted molar refractivity (Wildman–Crippen MR) is 143 cm³/mol. The highest BCUT2D eigenvalue weighted by Crippen LogP contribution is 2.43. The maximum Gasteiger partial charge on any atom is 0.202 e. The van der Waals surface area contributed by atoms with E-state index in [4.69, 9.17) is 13.9 Å². The van der Waals surface area contributed by atoms with Gasteiger partial charge in [-0.15, -0.1) is 0 Å². The number of hydrogen-bond donors (Lipinski definition) is 6. The van der Waals surface area contributed by atoms with Gasteiger partial charge in [-0.1, -0.05) is 6.07 Å². The molecule has 206 valence electrons. The highest BCUT2D eigenvalue weighted by molar-refractivity contribution is 6.05. The van der Waals surface area contributed by atoms with E-state index in [1.165, 1.54) is 30.3 Å². The molecule has 0 bridgehead atoms. The van der Waals surface area contributed by atoms with Gasteiger partial charge in [-0.2, -0.15) is 0 Å². The van der Waals surface area contributed by atoms with Crippen LogP contribution in [0.3, 0.4) is 0 Å². The van der Waals surface area contributed by atoms with Crippen molar-refractivity contribution >= 4 is 16.8 Å². The number of aliphatic hydroxyl groups is 1. The van der Waals surface area contributed by atoms with Crippen molar-refractivity contribution in [2.24, 2.45) is 0 Å². The van der Waals surface area contributed by atoms with Gasteiger partial charge in [0.1, 0.15) is 56.8 Å². The van der Waals surface area contributed by atoms with Gasteiger partial charge in [0.05, 0.1) is 0 Å². The third-order valence-corrected chi connectivity index (χ3v) is 6.60. The molecule has 11 heteroatoms. The molecule has 1 aromatic heterocycles. The second kappa shape index (κ2) is 9.50. The van der Waals surface area contributed by atoms with Crippen LogP contribution in [0.1, 0.15) is 22.0 Å². The standard InChI is InChI=1S/C30H20O11/c31-15-8-19(34)26-21(36)12-22(40-24(26)10-15)13-1-4-17(5-2-13)39-23-7-14(3-6-18(23)33)30-29(38)28(37)27-20(35)9-16(32)11-25(27)41-30/h1-12,29-35,38H/t29-,30-/m1/s1. The van der Waals surface area contributed by atoms with Crippen LogP contribution in [0, 0.1) is 0 Å². The van der Waals surface area contributed by atoms with Gasteiger partial charge in [0.15, 0.2) is 29.1 Å². The lowest BCUT2D eigenvalue weighted by molar-refractivity contribution is 0.0210. The molecule has 0 spiro atoms. The molecule has 41 heavy (non-hydrogen) atoms. The SMILES string of the molecule is O=C1c2c(O)cc(O)cc2O[C@H](c2ccc(O)c(Oc3ccc(-c4cc(=O)c5c(O)cc(O)cc5o4)cc3)c2)[C@@H]1O. The lowest BCUT2D eigenvalue weighted by Gasteiger charge is -2.30. The Morgan fingerprint density at radius 1 is 0.732 bits per heavy atom. The number of carbonyl (C=O) groups is 1. The Morgan fingerprint density at radius 3 is 2.20 bits per heavy atom. The van der Waals surface area contributed by atoms with Gasteiger partial charge in [0, 0.05) is 35.9 Å². The minimum Gasteiger partial charge on any atom is -0.508 e. The molecule has 0 fully saturated rings. The molecule has 0 unspecified atom stereocenters. The van der Waals surface area contributed by atoms with Crippen LogP contribution in [0.4, 0.5) is 0 Å². The highest BCUT2D eigenvalue weighted by atomic mass is 16.5. The first kappa shape index (κ1) is 25.6. The van der Waals surface area contributed by atoms with E-state index in [-0.39, 0.29) is 62.4 Å². The molecule has 5 aromatic rings. The summed E-state index contributed by atoms with van der Waals surface area (Å²) in [4.78, 5) is 25.3. The number of phenolic OH excluding ortho intramolecular Hbond substituents is 5. The summed E-state index contributed by atoms with van der Waals surface area (Å²) >= 11 is 0. The first-order valence-electron chi connectivity index (χ1n) is 12.1. The average Bonchev–Trinajstić information content (AvgIpc) is 2.91. The maximum atomic E-state index is 12.7. The van der Waals surface area contributed by atoms with Gasteiger partial charge in [-0.3, -0.25) is 9.59 Å². The van der Waals surface area contributed by atoms with Crippen LogP contribution in [-0.2, 0) is 0 Å². The quantitative estimate of drug-likeness (QED) is 0.183. The second-order valence-corrected chi connectivity index (χ2v) is 9.35. The molecule has 11 nitrogen and oxygen atoms in total.